The van der Waals surface area contributed by atoms with Gasteiger partial charge in [0, 0.05) is 50.2 Å². The molecule has 0 radical (unpaired) electrons. The van der Waals surface area contributed by atoms with E-state index in [0.29, 0.717) is 36.2 Å². The molecule has 2 N–H and O–H groups in total. The molecule has 0 bridgehead atoms. The van der Waals surface area contributed by atoms with Crippen LogP contribution in [0.3, 0.4) is 0 Å². The zero-order valence-electron chi connectivity index (χ0n) is 17.0. The van der Waals surface area contributed by atoms with Crippen LogP contribution in [0, 0.1) is 18.7 Å². The van der Waals surface area contributed by atoms with Gasteiger partial charge in [0.15, 0.2) is 5.82 Å². The van der Waals surface area contributed by atoms with Crippen molar-refractivity contribution in [2.45, 2.75) is 13.3 Å². The van der Waals surface area contributed by atoms with Crippen molar-refractivity contribution in [2.24, 2.45) is 5.92 Å². The lowest BCUT2D eigenvalue weighted by molar-refractivity contribution is -0.126. The van der Waals surface area contributed by atoms with Crippen LogP contribution in [-0.2, 0) is 9.59 Å². The van der Waals surface area contributed by atoms with E-state index in [1.54, 1.807) is 42.2 Å². The summed E-state index contributed by atoms with van der Waals surface area (Å²) < 4.78 is 14.7. The molecule has 3 heterocycles. The van der Waals surface area contributed by atoms with E-state index in [-0.39, 0.29) is 30.6 Å². The molecule has 0 saturated carbocycles. The van der Waals surface area contributed by atoms with Crippen LogP contribution in [0.2, 0.25) is 0 Å². The van der Waals surface area contributed by atoms with Crippen LogP contribution in [0.1, 0.15) is 12.2 Å². The highest BCUT2D eigenvalue weighted by molar-refractivity contribution is 6.00. The molecule has 31 heavy (non-hydrogen) atoms. The Labute approximate surface area is 178 Å². The second-order valence-electron chi connectivity index (χ2n) is 7.21. The van der Waals surface area contributed by atoms with Crippen molar-refractivity contribution in [1.82, 2.24) is 25.1 Å². The largest absolute Gasteiger partial charge is 0.368 e. The Hall–Kier alpha value is -3.82. The minimum absolute atomic E-state index is 0.134. The maximum absolute atomic E-state index is 13.1. The number of hydrogen-bond donors (Lipinski definition) is 2. The SMILES string of the molecule is Cc1nc(NCCNC(=O)[C@H]2CC(=O)N(c3ccc(F)cc3)C2)cc(-n2cccn2)n1. The van der Waals surface area contributed by atoms with Gasteiger partial charge in [-0.15, -0.1) is 0 Å². The van der Waals surface area contributed by atoms with Crippen molar-refractivity contribution in [3.8, 4) is 5.82 Å². The first-order valence-corrected chi connectivity index (χ1v) is 9.93. The first-order valence-electron chi connectivity index (χ1n) is 9.93. The second-order valence-corrected chi connectivity index (χ2v) is 7.21. The minimum Gasteiger partial charge on any atom is -0.368 e. The molecule has 1 fully saturated rings. The smallest absolute Gasteiger partial charge is 0.227 e. The fraction of sp³-hybridized carbons (Fsp3) is 0.286. The highest BCUT2D eigenvalue weighted by atomic mass is 19.1. The maximum atomic E-state index is 13.1. The van der Waals surface area contributed by atoms with Crippen LogP contribution >= 0.6 is 0 Å². The van der Waals surface area contributed by atoms with Gasteiger partial charge >= 0.3 is 0 Å². The van der Waals surface area contributed by atoms with E-state index < -0.39 is 5.92 Å². The topological polar surface area (TPSA) is 105 Å². The van der Waals surface area contributed by atoms with Crippen LogP contribution < -0.4 is 15.5 Å². The van der Waals surface area contributed by atoms with Crippen LogP contribution in [-0.4, -0.2) is 51.2 Å². The number of aryl methyl sites for hydroxylation is 1. The number of carbonyl (C=O) groups is 2. The molecule has 0 unspecified atom stereocenters. The van der Waals surface area contributed by atoms with Crippen LogP contribution in [0.25, 0.3) is 5.82 Å². The third-order valence-corrected chi connectivity index (χ3v) is 4.93. The highest BCUT2D eigenvalue weighted by Crippen LogP contribution is 2.25. The molecule has 9 nitrogen and oxygen atoms in total. The number of carbonyl (C=O) groups excluding carboxylic acids is 2. The molecule has 3 aromatic rings. The van der Waals surface area contributed by atoms with E-state index in [9.17, 15) is 14.0 Å². The average Bonchev–Trinajstić information content (AvgIpc) is 3.41. The van der Waals surface area contributed by atoms with Gasteiger partial charge in [-0.1, -0.05) is 0 Å². The van der Waals surface area contributed by atoms with Crippen molar-refractivity contribution in [1.29, 1.82) is 0 Å². The number of rotatable bonds is 7. The second kappa shape index (κ2) is 8.90. The Balaban J connectivity index is 1.27. The summed E-state index contributed by atoms with van der Waals surface area (Å²) in [6.07, 6.45) is 3.60. The van der Waals surface area contributed by atoms with Crippen molar-refractivity contribution >= 4 is 23.3 Å². The van der Waals surface area contributed by atoms with E-state index in [0.717, 1.165) is 0 Å². The van der Waals surface area contributed by atoms with E-state index in [2.05, 4.69) is 25.7 Å². The summed E-state index contributed by atoms with van der Waals surface area (Å²) in [7, 11) is 0. The fourth-order valence-corrected chi connectivity index (χ4v) is 3.44. The van der Waals surface area contributed by atoms with E-state index in [1.165, 1.54) is 17.0 Å². The third kappa shape index (κ3) is 4.85. The summed E-state index contributed by atoms with van der Waals surface area (Å²) in [6, 6.07) is 9.27. The Kier molecular flexibility index (Phi) is 5.87. The first-order chi connectivity index (χ1) is 15.0. The van der Waals surface area contributed by atoms with Crippen molar-refractivity contribution in [3.05, 3.63) is 60.4 Å². The molecule has 1 aliphatic heterocycles. The Morgan fingerprint density at radius 1 is 1.23 bits per heavy atom. The standard InChI is InChI=1S/C21H22FN7O2/c1-14-26-18(12-19(27-14)29-10-2-7-25-29)23-8-9-24-21(31)15-11-20(30)28(13-15)17-5-3-16(22)4-6-17/h2-7,10,12,15H,8-9,11,13H2,1H3,(H,24,31)(H,23,26,27)/t15-/m0/s1. The van der Waals surface area contributed by atoms with E-state index >= 15 is 0 Å². The van der Waals surface area contributed by atoms with Crippen LogP contribution in [0.4, 0.5) is 15.9 Å². The Bertz CT molecular complexity index is 1070. The predicted octanol–water partition coefficient (Wildman–Crippen LogP) is 1.69. The van der Waals surface area contributed by atoms with E-state index in [1.807, 2.05) is 6.07 Å². The molecule has 2 aromatic heterocycles. The first kappa shape index (κ1) is 20.5. The van der Waals surface area contributed by atoms with Gasteiger partial charge in [0.2, 0.25) is 11.8 Å². The number of hydrogen-bond acceptors (Lipinski definition) is 6. The number of nitrogens with one attached hydrogen (secondary N) is 2. The summed E-state index contributed by atoms with van der Waals surface area (Å²) in [5.74, 6) is 0.742. The molecule has 2 amide bonds. The quantitative estimate of drug-likeness (QED) is 0.561. The fourth-order valence-electron chi connectivity index (χ4n) is 3.44. The average molecular weight is 423 g/mol. The number of anilines is 2. The number of halogens is 1. The summed E-state index contributed by atoms with van der Waals surface area (Å²) >= 11 is 0. The van der Waals surface area contributed by atoms with Gasteiger partial charge in [-0.25, -0.2) is 19.0 Å². The van der Waals surface area contributed by atoms with Gasteiger partial charge in [-0.3, -0.25) is 9.59 Å². The van der Waals surface area contributed by atoms with Gasteiger partial charge < -0.3 is 15.5 Å². The van der Waals surface area contributed by atoms with Crippen molar-refractivity contribution in [2.75, 3.05) is 29.9 Å². The zero-order chi connectivity index (χ0) is 21.8. The summed E-state index contributed by atoms with van der Waals surface area (Å²) in [5.41, 5.74) is 0.593. The molecule has 0 spiro atoms. The van der Waals surface area contributed by atoms with Gasteiger partial charge in [0.1, 0.15) is 17.5 Å². The molecule has 10 heteroatoms. The lowest BCUT2D eigenvalue weighted by atomic mass is 10.1. The normalized spacial score (nSPS) is 15.9. The van der Waals surface area contributed by atoms with Crippen molar-refractivity contribution < 1.29 is 14.0 Å². The van der Waals surface area contributed by atoms with Gasteiger partial charge in [-0.05, 0) is 37.3 Å². The Morgan fingerprint density at radius 3 is 2.77 bits per heavy atom. The van der Waals surface area contributed by atoms with Gasteiger partial charge in [0.05, 0.1) is 5.92 Å². The summed E-state index contributed by atoms with van der Waals surface area (Å²) in [6.45, 7) is 2.91. The molecule has 4 rings (SSSR count). The molecule has 1 saturated heterocycles. The molecular weight excluding hydrogens is 401 g/mol. The number of nitrogens with zero attached hydrogens (tertiary/aromatic N) is 5. The molecule has 160 valence electrons. The van der Waals surface area contributed by atoms with E-state index in [4.69, 9.17) is 0 Å². The lowest BCUT2D eigenvalue weighted by Gasteiger charge is -2.16. The van der Waals surface area contributed by atoms with Gasteiger partial charge in [0.25, 0.3) is 0 Å². The predicted molar refractivity (Wildman–Crippen MR) is 112 cm³/mol. The Morgan fingerprint density at radius 2 is 2.03 bits per heavy atom. The number of benzene rings is 1. The molecule has 1 atom stereocenters. The van der Waals surface area contributed by atoms with Crippen molar-refractivity contribution in [3.63, 3.8) is 0 Å². The monoisotopic (exact) mass is 423 g/mol. The maximum Gasteiger partial charge on any atom is 0.227 e. The van der Waals surface area contributed by atoms with Gasteiger partial charge in [-0.2, -0.15) is 5.10 Å². The number of amides is 2. The molecule has 0 aliphatic carbocycles. The summed E-state index contributed by atoms with van der Waals surface area (Å²) in [4.78, 5) is 35.0. The number of aromatic nitrogens is 4. The highest BCUT2D eigenvalue weighted by Gasteiger charge is 2.34. The third-order valence-electron chi connectivity index (χ3n) is 4.93. The molecular formula is C21H22FN7O2. The lowest BCUT2D eigenvalue weighted by Crippen LogP contribution is -2.35. The minimum atomic E-state index is -0.440. The molecule has 1 aromatic carbocycles. The van der Waals surface area contributed by atoms with Crippen LogP contribution in [0.5, 0.6) is 0 Å². The summed E-state index contributed by atoms with van der Waals surface area (Å²) in [5, 5.41) is 10.2. The van der Waals surface area contributed by atoms with Crippen LogP contribution in [0.15, 0.2) is 48.8 Å². The molecule has 1 aliphatic rings. The zero-order valence-corrected chi connectivity index (χ0v) is 17.0.